The first-order valence-electron chi connectivity index (χ1n) is 10.6. The normalized spacial score (nSPS) is 19.9. The highest BCUT2D eigenvalue weighted by atomic mass is 15.3. The van der Waals surface area contributed by atoms with E-state index in [2.05, 4.69) is 44.1 Å². The molecule has 0 saturated carbocycles. The van der Waals surface area contributed by atoms with E-state index in [0.717, 1.165) is 47.3 Å². The van der Waals surface area contributed by atoms with Crippen molar-refractivity contribution in [3.8, 4) is 11.1 Å². The molecule has 5 rings (SSSR count). The van der Waals surface area contributed by atoms with Crippen molar-refractivity contribution in [1.82, 2.24) is 29.4 Å². The van der Waals surface area contributed by atoms with Crippen molar-refractivity contribution in [3.63, 3.8) is 0 Å². The van der Waals surface area contributed by atoms with Crippen LogP contribution in [0.15, 0.2) is 36.9 Å². The number of aromatic nitrogens is 4. The van der Waals surface area contributed by atoms with Crippen molar-refractivity contribution in [2.24, 2.45) is 0 Å². The zero-order chi connectivity index (χ0) is 19.8. The molecular weight excluding hydrogens is 362 g/mol. The molecule has 3 aromatic rings. The summed E-state index contributed by atoms with van der Waals surface area (Å²) in [6.07, 6.45) is 10.3. The van der Waals surface area contributed by atoms with Gasteiger partial charge in [-0.25, -0.2) is 9.50 Å². The zero-order valence-electron chi connectivity index (χ0n) is 17.3. The number of pyridine rings is 1. The van der Waals surface area contributed by atoms with Crippen LogP contribution in [0.2, 0.25) is 0 Å². The largest absolute Gasteiger partial charge is 0.369 e. The minimum atomic E-state index is 0.725. The van der Waals surface area contributed by atoms with Crippen molar-refractivity contribution < 1.29 is 0 Å². The lowest BCUT2D eigenvalue weighted by atomic mass is 10.0. The standard InChI is InChI=1S/C22H29N7/c1-17-13-18(3-6-23-17)21-15-25-29-16-20(14-24-22(21)29)27-7-4-19(5-8-27)28-11-9-26(2)10-12-28/h3,6,13-16,19H,4-5,7-12H2,1-2H3. The first-order valence-corrected chi connectivity index (χ1v) is 10.6. The van der Waals surface area contributed by atoms with Gasteiger partial charge in [0, 0.05) is 62.8 Å². The number of aryl methyl sites for hydroxylation is 1. The minimum absolute atomic E-state index is 0.725. The molecule has 0 N–H and O–H groups in total. The number of piperazine rings is 1. The van der Waals surface area contributed by atoms with E-state index in [1.807, 2.05) is 36.1 Å². The molecule has 0 bridgehead atoms. The van der Waals surface area contributed by atoms with Crippen LogP contribution in [-0.4, -0.2) is 81.7 Å². The van der Waals surface area contributed by atoms with Crippen molar-refractivity contribution in [1.29, 1.82) is 0 Å². The molecule has 7 nitrogen and oxygen atoms in total. The molecule has 0 aromatic carbocycles. The number of fused-ring (bicyclic) bond motifs is 1. The third-order valence-electron chi connectivity index (χ3n) is 6.43. The maximum Gasteiger partial charge on any atom is 0.162 e. The Morgan fingerprint density at radius 2 is 1.76 bits per heavy atom. The molecule has 0 amide bonds. The van der Waals surface area contributed by atoms with Gasteiger partial charge in [0.05, 0.1) is 24.3 Å². The average molecular weight is 392 g/mol. The first kappa shape index (κ1) is 18.5. The summed E-state index contributed by atoms with van der Waals surface area (Å²) in [5.41, 5.74) is 5.22. The van der Waals surface area contributed by atoms with Crippen LogP contribution >= 0.6 is 0 Å². The Morgan fingerprint density at radius 1 is 0.966 bits per heavy atom. The summed E-state index contributed by atoms with van der Waals surface area (Å²) in [7, 11) is 2.22. The molecule has 2 saturated heterocycles. The van der Waals surface area contributed by atoms with Crippen LogP contribution in [0.25, 0.3) is 16.8 Å². The number of nitrogens with zero attached hydrogens (tertiary/aromatic N) is 7. The van der Waals surface area contributed by atoms with Gasteiger partial charge in [-0.1, -0.05) is 0 Å². The second-order valence-corrected chi connectivity index (χ2v) is 8.38. The predicted molar refractivity (Wildman–Crippen MR) is 115 cm³/mol. The van der Waals surface area contributed by atoms with E-state index >= 15 is 0 Å². The molecule has 29 heavy (non-hydrogen) atoms. The summed E-state index contributed by atoms with van der Waals surface area (Å²) in [6, 6.07) is 4.82. The van der Waals surface area contributed by atoms with E-state index in [1.165, 1.54) is 39.0 Å². The van der Waals surface area contributed by atoms with Crippen molar-refractivity contribution in [2.45, 2.75) is 25.8 Å². The van der Waals surface area contributed by atoms with Gasteiger partial charge >= 0.3 is 0 Å². The predicted octanol–water partition coefficient (Wildman–Crippen LogP) is 2.32. The Kier molecular flexibility index (Phi) is 4.93. The molecule has 0 unspecified atom stereocenters. The molecule has 0 spiro atoms. The summed E-state index contributed by atoms with van der Waals surface area (Å²) in [5.74, 6) is 0. The maximum absolute atomic E-state index is 4.76. The van der Waals surface area contributed by atoms with Gasteiger partial charge in [0.1, 0.15) is 0 Å². The highest BCUT2D eigenvalue weighted by Gasteiger charge is 2.27. The fraction of sp³-hybridized carbons (Fsp3) is 0.500. The summed E-state index contributed by atoms with van der Waals surface area (Å²) < 4.78 is 1.91. The van der Waals surface area contributed by atoms with Crippen LogP contribution in [0.4, 0.5) is 5.69 Å². The molecule has 3 aromatic heterocycles. The fourth-order valence-corrected chi connectivity index (χ4v) is 4.62. The highest BCUT2D eigenvalue weighted by Crippen LogP contribution is 2.27. The van der Waals surface area contributed by atoms with E-state index < -0.39 is 0 Å². The van der Waals surface area contributed by atoms with Crippen LogP contribution in [0.1, 0.15) is 18.5 Å². The third kappa shape index (κ3) is 3.72. The third-order valence-corrected chi connectivity index (χ3v) is 6.43. The lowest BCUT2D eigenvalue weighted by Crippen LogP contribution is -2.52. The van der Waals surface area contributed by atoms with Gasteiger partial charge in [-0.15, -0.1) is 0 Å². The first-order chi connectivity index (χ1) is 14.2. The molecule has 0 radical (unpaired) electrons. The molecule has 5 heterocycles. The quantitative estimate of drug-likeness (QED) is 0.683. The Bertz CT molecular complexity index is 982. The molecule has 152 valence electrons. The van der Waals surface area contributed by atoms with Gasteiger partial charge < -0.3 is 9.80 Å². The Hall–Kier alpha value is -2.51. The second kappa shape index (κ2) is 7.72. The second-order valence-electron chi connectivity index (χ2n) is 8.38. The molecule has 2 fully saturated rings. The lowest BCUT2D eigenvalue weighted by Gasteiger charge is -2.42. The Morgan fingerprint density at radius 3 is 2.52 bits per heavy atom. The van der Waals surface area contributed by atoms with Crippen LogP contribution < -0.4 is 4.90 Å². The van der Waals surface area contributed by atoms with Crippen LogP contribution in [0.3, 0.4) is 0 Å². The van der Waals surface area contributed by atoms with Crippen molar-refractivity contribution in [3.05, 3.63) is 42.6 Å². The Balaban J connectivity index is 1.29. The van der Waals surface area contributed by atoms with Gasteiger partial charge in [0.2, 0.25) is 0 Å². The van der Waals surface area contributed by atoms with E-state index in [9.17, 15) is 0 Å². The fourth-order valence-electron chi connectivity index (χ4n) is 4.62. The number of piperidine rings is 1. The van der Waals surface area contributed by atoms with Crippen molar-refractivity contribution in [2.75, 3.05) is 51.2 Å². The number of rotatable bonds is 3. The van der Waals surface area contributed by atoms with Gasteiger partial charge in [-0.3, -0.25) is 9.88 Å². The van der Waals surface area contributed by atoms with Gasteiger partial charge in [-0.05, 0) is 44.5 Å². The number of likely N-dealkylation sites (N-methyl/N-ethyl adjacent to an activating group) is 1. The molecule has 2 aliphatic heterocycles. The van der Waals surface area contributed by atoms with Crippen LogP contribution in [0, 0.1) is 6.92 Å². The van der Waals surface area contributed by atoms with E-state index in [0.29, 0.717) is 0 Å². The lowest BCUT2D eigenvalue weighted by molar-refractivity contribution is 0.0982. The van der Waals surface area contributed by atoms with Gasteiger partial charge in [0.25, 0.3) is 0 Å². The average Bonchev–Trinajstić information content (AvgIpc) is 3.18. The molecule has 2 aliphatic rings. The number of anilines is 1. The van der Waals surface area contributed by atoms with Gasteiger partial charge in [-0.2, -0.15) is 5.10 Å². The summed E-state index contributed by atoms with van der Waals surface area (Å²) in [6.45, 7) is 8.98. The maximum atomic E-state index is 4.76. The van der Waals surface area contributed by atoms with E-state index in [-0.39, 0.29) is 0 Å². The van der Waals surface area contributed by atoms with Crippen LogP contribution in [-0.2, 0) is 0 Å². The summed E-state index contributed by atoms with van der Waals surface area (Å²) >= 11 is 0. The zero-order valence-corrected chi connectivity index (χ0v) is 17.3. The molecule has 0 atom stereocenters. The number of hydrogen-bond donors (Lipinski definition) is 0. The topological polar surface area (TPSA) is 52.8 Å². The molecule has 7 heteroatoms. The van der Waals surface area contributed by atoms with E-state index in [4.69, 9.17) is 4.98 Å². The number of hydrogen-bond acceptors (Lipinski definition) is 6. The van der Waals surface area contributed by atoms with E-state index in [1.54, 1.807) is 0 Å². The SMILES string of the molecule is Cc1cc(-c2cnn3cc(N4CCC(N5CCN(C)CC5)CC4)cnc23)ccn1. The summed E-state index contributed by atoms with van der Waals surface area (Å²) in [5, 5.41) is 4.57. The van der Waals surface area contributed by atoms with Gasteiger partial charge in [0.15, 0.2) is 5.65 Å². The highest BCUT2D eigenvalue weighted by molar-refractivity contribution is 5.77. The molecular formula is C22H29N7. The van der Waals surface area contributed by atoms with Crippen molar-refractivity contribution >= 4 is 11.3 Å². The Labute approximate surface area is 172 Å². The monoisotopic (exact) mass is 391 g/mol. The summed E-state index contributed by atoms with van der Waals surface area (Å²) in [4.78, 5) is 16.6. The smallest absolute Gasteiger partial charge is 0.162 e. The molecule has 0 aliphatic carbocycles. The minimum Gasteiger partial charge on any atom is -0.369 e. The van der Waals surface area contributed by atoms with Crippen LogP contribution in [0.5, 0.6) is 0 Å².